The molecule has 15 heavy (non-hydrogen) atoms. The molecule has 0 spiro atoms. The van der Waals surface area contributed by atoms with Crippen molar-refractivity contribution < 1.29 is 4.74 Å². The molecule has 88 valence electrons. The Morgan fingerprint density at radius 3 is 2.47 bits per heavy atom. The number of rotatable bonds is 4. The van der Waals surface area contributed by atoms with E-state index < -0.39 is 0 Å². The molecular formula is C13H25NO. The molecule has 0 saturated carbocycles. The van der Waals surface area contributed by atoms with Crippen LogP contribution >= 0.6 is 0 Å². The van der Waals surface area contributed by atoms with Gasteiger partial charge in [-0.3, -0.25) is 0 Å². The van der Waals surface area contributed by atoms with Crippen LogP contribution in [0, 0.1) is 0 Å². The average Bonchev–Trinajstić information content (AvgIpc) is 2.28. The molecule has 0 aromatic carbocycles. The Hall–Kier alpha value is -0.340. The lowest BCUT2D eigenvalue weighted by atomic mass is 9.94. The monoisotopic (exact) mass is 211 g/mol. The highest BCUT2D eigenvalue weighted by Gasteiger charge is 2.45. The summed E-state index contributed by atoms with van der Waals surface area (Å²) in [5.74, 6) is 0. The second-order valence-electron chi connectivity index (χ2n) is 5.53. The van der Waals surface area contributed by atoms with Crippen LogP contribution in [0.5, 0.6) is 0 Å². The minimum Gasteiger partial charge on any atom is -0.368 e. The molecule has 1 rings (SSSR count). The highest BCUT2D eigenvalue weighted by Crippen LogP contribution is 2.37. The van der Waals surface area contributed by atoms with Crippen molar-refractivity contribution >= 4 is 0 Å². The van der Waals surface area contributed by atoms with Gasteiger partial charge in [-0.25, -0.2) is 0 Å². The fourth-order valence-corrected chi connectivity index (χ4v) is 2.39. The Kier molecular flexibility index (Phi) is 3.96. The smallest absolute Gasteiger partial charge is 0.0787 e. The third-order valence-corrected chi connectivity index (χ3v) is 3.01. The highest BCUT2D eigenvalue weighted by atomic mass is 16.5. The summed E-state index contributed by atoms with van der Waals surface area (Å²) < 4.78 is 6.03. The van der Waals surface area contributed by atoms with Crippen LogP contribution in [0.3, 0.4) is 0 Å². The van der Waals surface area contributed by atoms with Gasteiger partial charge in [0.1, 0.15) is 0 Å². The van der Waals surface area contributed by atoms with E-state index in [4.69, 9.17) is 4.74 Å². The van der Waals surface area contributed by atoms with Crippen molar-refractivity contribution in [3.05, 3.63) is 12.2 Å². The number of nitrogens with one attached hydrogen (secondary N) is 1. The van der Waals surface area contributed by atoms with Gasteiger partial charge in [-0.2, -0.15) is 0 Å². The lowest BCUT2D eigenvalue weighted by Gasteiger charge is -2.27. The summed E-state index contributed by atoms with van der Waals surface area (Å²) in [5, 5.41) is 3.59. The van der Waals surface area contributed by atoms with Crippen molar-refractivity contribution in [2.45, 2.75) is 64.7 Å². The largest absolute Gasteiger partial charge is 0.368 e. The molecule has 0 bridgehead atoms. The number of allylic oxidation sites excluding steroid dienone is 1. The van der Waals surface area contributed by atoms with Crippen molar-refractivity contribution in [2.24, 2.45) is 0 Å². The van der Waals surface area contributed by atoms with Gasteiger partial charge in [-0.15, -0.1) is 0 Å². The first-order valence-corrected chi connectivity index (χ1v) is 5.92. The molecule has 1 fully saturated rings. The molecule has 1 N–H and O–H groups in total. The maximum Gasteiger partial charge on any atom is 0.0787 e. The van der Waals surface area contributed by atoms with E-state index in [1.165, 1.54) is 0 Å². The SMILES string of the molecule is C/C=C/CCNC1CC(C)(C)OC1(C)C. The predicted octanol–water partition coefficient (Wildman–Crippen LogP) is 2.89. The zero-order valence-electron chi connectivity index (χ0n) is 10.8. The van der Waals surface area contributed by atoms with Gasteiger partial charge in [0.05, 0.1) is 11.2 Å². The highest BCUT2D eigenvalue weighted by molar-refractivity contribution is 4.99. The Bertz CT molecular complexity index is 231. The van der Waals surface area contributed by atoms with E-state index in [0.717, 1.165) is 19.4 Å². The van der Waals surface area contributed by atoms with Crippen LogP contribution < -0.4 is 5.32 Å². The van der Waals surface area contributed by atoms with E-state index in [1.807, 2.05) is 0 Å². The van der Waals surface area contributed by atoms with Crippen LogP contribution in [0.4, 0.5) is 0 Å². The van der Waals surface area contributed by atoms with E-state index in [0.29, 0.717) is 6.04 Å². The second-order valence-corrected chi connectivity index (χ2v) is 5.53. The first-order valence-electron chi connectivity index (χ1n) is 5.92. The summed E-state index contributed by atoms with van der Waals surface area (Å²) in [7, 11) is 0. The van der Waals surface area contributed by atoms with Crippen molar-refractivity contribution in [3.63, 3.8) is 0 Å². The molecule has 1 aliphatic heterocycles. The van der Waals surface area contributed by atoms with Gasteiger partial charge < -0.3 is 10.1 Å². The van der Waals surface area contributed by atoms with Crippen molar-refractivity contribution in [1.82, 2.24) is 5.32 Å². The van der Waals surface area contributed by atoms with Gasteiger partial charge in [0.2, 0.25) is 0 Å². The van der Waals surface area contributed by atoms with Crippen molar-refractivity contribution in [2.75, 3.05) is 6.54 Å². The molecule has 1 aliphatic rings. The van der Waals surface area contributed by atoms with Gasteiger partial charge in [-0.1, -0.05) is 12.2 Å². The van der Waals surface area contributed by atoms with Crippen LogP contribution in [0.2, 0.25) is 0 Å². The number of ether oxygens (including phenoxy) is 1. The molecule has 1 heterocycles. The Morgan fingerprint density at radius 2 is 2.00 bits per heavy atom. The van der Waals surface area contributed by atoms with E-state index in [2.05, 4.69) is 52.1 Å². The summed E-state index contributed by atoms with van der Waals surface area (Å²) in [6, 6.07) is 0.470. The molecule has 0 amide bonds. The molecule has 2 heteroatoms. The maximum atomic E-state index is 6.03. The summed E-state index contributed by atoms with van der Waals surface area (Å²) in [5.41, 5.74) is -0.0266. The van der Waals surface area contributed by atoms with Gasteiger partial charge in [0.25, 0.3) is 0 Å². The van der Waals surface area contributed by atoms with Gasteiger partial charge in [-0.05, 0) is 54.0 Å². The molecule has 0 aromatic heterocycles. The Balaban J connectivity index is 2.41. The van der Waals surface area contributed by atoms with Crippen LogP contribution in [0.15, 0.2) is 12.2 Å². The third-order valence-electron chi connectivity index (χ3n) is 3.01. The number of hydrogen-bond donors (Lipinski definition) is 1. The van der Waals surface area contributed by atoms with Crippen LogP contribution in [-0.2, 0) is 4.74 Å². The first-order chi connectivity index (χ1) is 6.87. The quantitative estimate of drug-likeness (QED) is 0.570. The standard InChI is InChI=1S/C13H25NO/c1-6-7-8-9-14-11-10-12(2,3)15-13(11,4)5/h6-7,11,14H,8-10H2,1-5H3/b7-6+. The predicted molar refractivity (Wildman–Crippen MR) is 65.1 cm³/mol. The van der Waals surface area contributed by atoms with Crippen molar-refractivity contribution in [1.29, 1.82) is 0 Å². The lowest BCUT2D eigenvalue weighted by Crippen LogP contribution is -2.43. The molecule has 2 nitrogen and oxygen atoms in total. The summed E-state index contributed by atoms with van der Waals surface area (Å²) in [6.45, 7) is 11.8. The Labute approximate surface area is 94.1 Å². The molecule has 0 aromatic rings. The maximum absolute atomic E-state index is 6.03. The summed E-state index contributed by atoms with van der Waals surface area (Å²) in [4.78, 5) is 0. The van der Waals surface area contributed by atoms with Crippen LogP contribution in [0.25, 0.3) is 0 Å². The zero-order chi connectivity index (χ0) is 11.5. The van der Waals surface area contributed by atoms with E-state index in [9.17, 15) is 0 Å². The molecule has 1 atom stereocenters. The molecule has 1 saturated heterocycles. The molecule has 0 aliphatic carbocycles. The van der Waals surface area contributed by atoms with Gasteiger partial charge in [0.15, 0.2) is 0 Å². The zero-order valence-corrected chi connectivity index (χ0v) is 10.8. The first kappa shape index (κ1) is 12.7. The minimum absolute atomic E-state index is 0.0156. The summed E-state index contributed by atoms with van der Waals surface area (Å²) in [6.07, 6.45) is 6.49. The minimum atomic E-state index is -0.0422. The third kappa shape index (κ3) is 3.62. The topological polar surface area (TPSA) is 21.3 Å². The van der Waals surface area contributed by atoms with Gasteiger partial charge in [0, 0.05) is 6.04 Å². The molecule has 0 radical (unpaired) electrons. The van der Waals surface area contributed by atoms with E-state index >= 15 is 0 Å². The van der Waals surface area contributed by atoms with Crippen molar-refractivity contribution in [3.8, 4) is 0 Å². The fourth-order valence-electron chi connectivity index (χ4n) is 2.39. The Morgan fingerprint density at radius 1 is 1.33 bits per heavy atom. The molecule has 1 unspecified atom stereocenters. The second kappa shape index (κ2) is 4.67. The summed E-state index contributed by atoms with van der Waals surface area (Å²) >= 11 is 0. The van der Waals surface area contributed by atoms with Crippen LogP contribution in [-0.4, -0.2) is 23.8 Å². The van der Waals surface area contributed by atoms with Crippen LogP contribution in [0.1, 0.15) is 47.5 Å². The normalized spacial score (nSPS) is 28.7. The lowest BCUT2D eigenvalue weighted by molar-refractivity contribution is -0.0697. The molecular weight excluding hydrogens is 186 g/mol. The fraction of sp³-hybridized carbons (Fsp3) is 0.846. The van der Waals surface area contributed by atoms with E-state index in [-0.39, 0.29) is 11.2 Å². The average molecular weight is 211 g/mol. The van der Waals surface area contributed by atoms with E-state index in [1.54, 1.807) is 0 Å². The number of hydrogen-bond acceptors (Lipinski definition) is 2. The van der Waals surface area contributed by atoms with Gasteiger partial charge >= 0.3 is 0 Å².